The number of aromatic amines is 1. The summed E-state index contributed by atoms with van der Waals surface area (Å²) < 4.78 is 2.01. The molecule has 0 atom stereocenters. The highest BCUT2D eigenvalue weighted by Crippen LogP contribution is 2.23. The number of aryl methyl sites for hydroxylation is 1. The topological polar surface area (TPSA) is 66.7 Å². The third-order valence-corrected chi connectivity index (χ3v) is 3.32. The van der Waals surface area contributed by atoms with Crippen molar-refractivity contribution in [3.63, 3.8) is 0 Å². The first kappa shape index (κ1) is 11.9. The predicted molar refractivity (Wildman–Crippen MR) is 73.8 cm³/mol. The second kappa shape index (κ2) is 4.51. The lowest BCUT2D eigenvalue weighted by atomic mass is 10.1. The van der Waals surface area contributed by atoms with Gasteiger partial charge in [0.25, 0.3) is 0 Å². The molecule has 5 heteroatoms. The number of imidazole rings is 2. The largest absolute Gasteiger partial charge is 0.396 e. The second-order valence-corrected chi connectivity index (χ2v) is 4.65. The number of hydrogen-bond acceptors (Lipinski definition) is 3. The Morgan fingerprint density at radius 1 is 1.37 bits per heavy atom. The summed E-state index contributed by atoms with van der Waals surface area (Å²) in [5, 5.41) is 9.00. The van der Waals surface area contributed by atoms with Gasteiger partial charge in [0.1, 0.15) is 11.6 Å². The second-order valence-electron chi connectivity index (χ2n) is 4.65. The first-order valence-corrected chi connectivity index (χ1v) is 6.27. The number of rotatable bonds is 3. The van der Waals surface area contributed by atoms with Crippen LogP contribution in [0.15, 0.2) is 24.4 Å². The summed E-state index contributed by atoms with van der Waals surface area (Å²) in [7, 11) is 1.97. The van der Waals surface area contributed by atoms with E-state index in [2.05, 4.69) is 21.0 Å². The lowest BCUT2D eigenvalue weighted by molar-refractivity contribution is 0.295. The van der Waals surface area contributed by atoms with Gasteiger partial charge in [0, 0.05) is 19.0 Å². The minimum absolute atomic E-state index is 0.114. The van der Waals surface area contributed by atoms with Gasteiger partial charge in [-0.2, -0.15) is 0 Å². The molecule has 0 aliphatic rings. The van der Waals surface area contributed by atoms with Crippen LogP contribution in [0.2, 0.25) is 0 Å². The Labute approximate surface area is 110 Å². The van der Waals surface area contributed by atoms with Crippen LogP contribution >= 0.6 is 0 Å². The van der Waals surface area contributed by atoms with Crippen LogP contribution in [-0.4, -0.2) is 31.2 Å². The number of benzene rings is 1. The van der Waals surface area contributed by atoms with Crippen molar-refractivity contribution in [1.82, 2.24) is 19.5 Å². The molecule has 0 unspecified atom stereocenters. The lowest BCUT2D eigenvalue weighted by Crippen LogP contribution is -2.02. The lowest BCUT2D eigenvalue weighted by Gasteiger charge is -2.05. The van der Waals surface area contributed by atoms with Gasteiger partial charge in [0.05, 0.1) is 29.5 Å². The minimum Gasteiger partial charge on any atom is -0.396 e. The van der Waals surface area contributed by atoms with Crippen LogP contribution in [0.1, 0.15) is 11.6 Å². The number of nitrogens with zero attached hydrogens (tertiary/aromatic N) is 3. The van der Waals surface area contributed by atoms with E-state index >= 15 is 0 Å². The summed E-state index contributed by atoms with van der Waals surface area (Å²) in [5.74, 6) is 1.80. The zero-order valence-electron chi connectivity index (χ0n) is 11.0. The van der Waals surface area contributed by atoms with E-state index in [9.17, 15) is 0 Å². The Morgan fingerprint density at radius 2 is 2.21 bits per heavy atom. The standard InChI is InChI=1S/C14H16N4O/c1-9-16-11-4-3-10(7-12(11)17-9)13-8-15-14(5-6-19)18(13)2/h3-4,7-8,19H,5-6H2,1-2H3,(H,16,17). The first-order valence-electron chi connectivity index (χ1n) is 6.27. The number of nitrogens with one attached hydrogen (secondary N) is 1. The van der Waals surface area contributed by atoms with Gasteiger partial charge in [-0.15, -0.1) is 0 Å². The number of aliphatic hydroxyl groups is 1. The molecule has 3 aromatic rings. The SMILES string of the molecule is Cc1nc2ccc(-c3cnc(CCO)n3C)cc2[nH]1. The number of fused-ring (bicyclic) bond motifs is 1. The Morgan fingerprint density at radius 3 is 3.00 bits per heavy atom. The van der Waals surface area contributed by atoms with Crippen LogP contribution < -0.4 is 0 Å². The molecule has 0 saturated carbocycles. The smallest absolute Gasteiger partial charge is 0.111 e. The van der Waals surface area contributed by atoms with E-state index in [-0.39, 0.29) is 6.61 Å². The van der Waals surface area contributed by atoms with E-state index in [0.29, 0.717) is 6.42 Å². The van der Waals surface area contributed by atoms with E-state index in [1.54, 1.807) is 0 Å². The number of hydrogen-bond donors (Lipinski definition) is 2. The van der Waals surface area contributed by atoms with E-state index in [1.807, 2.05) is 36.9 Å². The molecule has 98 valence electrons. The zero-order valence-corrected chi connectivity index (χ0v) is 11.0. The molecule has 0 saturated heterocycles. The fourth-order valence-corrected chi connectivity index (χ4v) is 2.34. The maximum atomic E-state index is 9.00. The molecule has 2 N–H and O–H groups in total. The van der Waals surface area contributed by atoms with Crippen molar-refractivity contribution in [2.75, 3.05) is 6.61 Å². The van der Waals surface area contributed by atoms with Gasteiger partial charge < -0.3 is 14.7 Å². The number of H-pyrrole nitrogens is 1. The molecule has 3 rings (SSSR count). The van der Waals surface area contributed by atoms with Gasteiger partial charge in [0.2, 0.25) is 0 Å². The summed E-state index contributed by atoms with van der Waals surface area (Å²) in [6.45, 7) is 2.06. The zero-order chi connectivity index (χ0) is 13.4. The van der Waals surface area contributed by atoms with Crippen molar-refractivity contribution in [3.05, 3.63) is 36.0 Å². The summed E-state index contributed by atoms with van der Waals surface area (Å²) in [5.41, 5.74) is 4.13. The molecule has 0 spiro atoms. The van der Waals surface area contributed by atoms with E-state index in [4.69, 9.17) is 5.11 Å². The Bertz CT molecular complexity index is 726. The van der Waals surface area contributed by atoms with E-state index in [1.165, 1.54) is 0 Å². The first-order chi connectivity index (χ1) is 9.19. The molecule has 0 bridgehead atoms. The highest BCUT2D eigenvalue weighted by Gasteiger charge is 2.09. The summed E-state index contributed by atoms with van der Waals surface area (Å²) >= 11 is 0. The average Bonchev–Trinajstić information content (AvgIpc) is 2.92. The summed E-state index contributed by atoms with van der Waals surface area (Å²) in [4.78, 5) is 12.0. The predicted octanol–water partition coefficient (Wildman–Crippen LogP) is 1.81. The van der Waals surface area contributed by atoms with Crippen LogP contribution in [-0.2, 0) is 13.5 Å². The fraction of sp³-hybridized carbons (Fsp3) is 0.286. The van der Waals surface area contributed by atoms with Gasteiger partial charge in [0.15, 0.2) is 0 Å². The number of aliphatic hydroxyl groups excluding tert-OH is 1. The normalized spacial score (nSPS) is 11.3. The van der Waals surface area contributed by atoms with Crippen LogP contribution in [0.4, 0.5) is 0 Å². The maximum Gasteiger partial charge on any atom is 0.111 e. The molecule has 19 heavy (non-hydrogen) atoms. The summed E-state index contributed by atoms with van der Waals surface area (Å²) in [6.07, 6.45) is 2.41. The molecule has 5 nitrogen and oxygen atoms in total. The number of aromatic nitrogens is 4. The van der Waals surface area contributed by atoms with Crippen molar-refractivity contribution in [3.8, 4) is 11.3 Å². The molecule has 1 aromatic carbocycles. The highest BCUT2D eigenvalue weighted by molar-refractivity contribution is 5.81. The summed E-state index contributed by atoms with van der Waals surface area (Å²) in [6, 6.07) is 6.13. The van der Waals surface area contributed by atoms with Gasteiger partial charge >= 0.3 is 0 Å². The van der Waals surface area contributed by atoms with Gasteiger partial charge in [-0.3, -0.25) is 0 Å². The van der Waals surface area contributed by atoms with Crippen molar-refractivity contribution in [2.24, 2.45) is 7.05 Å². The molecule has 0 aliphatic carbocycles. The molecular formula is C14H16N4O. The van der Waals surface area contributed by atoms with Crippen molar-refractivity contribution >= 4 is 11.0 Å². The molecule has 0 fully saturated rings. The van der Waals surface area contributed by atoms with Gasteiger partial charge in [-0.05, 0) is 19.1 Å². The molecule has 2 heterocycles. The van der Waals surface area contributed by atoms with Crippen molar-refractivity contribution < 1.29 is 5.11 Å². The monoisotopic (exact) mass is 256 g/mol. The Hall–Kier alpha value is -2.14. The van der Waals surface area contributed by atoms with Gasteiger partial charge in [-0.1, -0.05) is 6.07 Å². The van der Waals surface area contributed by atoms with E-state index < -0.39 is 0 Å². The average molecular weight is 256 g/mol. The Balaban J connectivity index is 2.08. The van der Waals surface area contributed by atoms with E-state index in [0.717, 1.165) is 33.9 Å². The molecule has 0 aliphatic heterocycles. The molecule has 2 aromatic heterocycles. The molecule has 0 amide bonds. The minimum atomic E-state index is 0.114. The quantitative estimate of drug-likeness (QED) is 0.751. The third kappa shape index (κ3) is 2.02. The van der Waals surface area contributed by atoms with Gasteiger partial charge in [-0.25, -0.2) is 9.97 Å². The maximum absolute atomic E-state index is 9.00. The van der Waals surface area contributed by atoms with Crippen LogP contribution in [0, 0.1) is 6.92 Å². The highest BCUT2D eigenvalue weighted by atomic mass is 16.3. The fourth-order valence-electron chi connectivity index (χ4n) is 2.34. The van der Waals surface area contributed by atoms with Crippen LogP contribution in [0.25, 0.3) is 22.3 Å². The molecule has 0 radical (unpaired) electrons. The van der Waals surface area contributed by atoms with Crippen molar-refractivity contribution in [2.45, 2.75) is 13.3 Å². The third-order valence-electron chi connectivity index (χ3n) is 3.32. The molecular weight excluding hydrogens is 240 g/mol. The van der Waals surface area contributed by atoms with Crippen molar-refractivity contribution in [1.29, 1.82) is 0 Å². The Kier molecular flexibility index (Phi) is 2.83. The van der Waals surface area contributed by atoms with Crippen LogP contribution in [0.5, 0.6) is 0 Å². The van der Waals surface area contributed by atoms with Crippen LogP contribution in [0.3, 0.4) is 0 Å².